The molecular weight excluding hydrogens is 368 g/mol. The Labute approximate surface area is 171 Å². The van der Waals surface area contributed by atoms with Gasteiger partial charge in [0.2, 0.25) is 0 Å². The first-order valence-electron chi connectivity index (χ1n) is 10.4. The molecule has 154 valence electrons. The van der Waals surface area contributed by atoms with Crippen LogP contribution in [0.1, 0.15) is 49.3 Å². The topological polar surface area (TPSA) is 76.6 Å². The van der Waals surface area contributed by atoms with Gasteiger partial charge in [0.15, 0.2) is 17.6 Å². The van der Waals surface area contributed by atoms with Gasteiger partial charge in [0.1, 0.15) is 5.82 Å². The van der Waals surface area contributed by atoms with E-state index in [1.54, 1.807) is 7.11 Å². The van der Waals surface area contributed by atoms with E-state index in [0.717, 1.165) is 42.9 Å². The molecule has 2 atom stereocenters. The lowest BCUT2D eigenvalue weighted by Gasteiger charge is -2.31. The van der Waals surface area contributed by atoms with E-state index in [1.165, 1.54) is 0 Å². The van der Waals surface area contributed by atoms with Gasteiger partial charge < -0.3 is 19.7 Å². The highest BCUT2D eigenvalue weighted by Gasteiger charge is 2.30. The summed E-state index contributed by atoms with van der Waals surface area (Å²) in [5.41, 5.74) is 2.09. The van der Waals surface area contributed by atoms with Crippen LogP contribution in [0.25, 0.3) is 0 Å². The second-order valence-electron chi connectivity index (χ2n) is 7.52. The fourth-order valence-corrected chi connectivity index (χ4v) is 3.97. The minimum absolute atomic E-state index is 0.00871. The summed E-state index contributed by atoms with van der Waals surface area (Å²) in [6.07, 6.45) is 4.92. The third-order valence-electron chi connectivity index (χ3n) is 5.62. The number of nitrogens with one attached hydrogen (secondary N) is 1. The highest BCUT2D eigenvalue weighted by atomic mass is 16.5. The number of methoxy groups -OCH3 is 1. The molecule has 2 aliphatic heterocycles. The normalized spacial score (nSPS) is 19.5. The van der Waals surface area contributed by atoms with Crippen LogP contribution < -0.4 is 14.8 Å². The van der Waals surface area contributed by atoms with E-state index in [0.29, 0.717) is 31.0 Å². The van der Waals surface area contributed by atoms with Crippen molar-refractivity contribution in [3.8, 4) is 11.5 Å². The molecule has 29 heavy (non-hydrogen) atoms. The summed E-state index contributed by atoms with van der Waals surface area (Å²) in [6.45, 7) is 4.16. The van der Waals surface area contributed by atoms with E-state index in [4.69, 9.17) is 14.5 Å². The third kappa shape index (κ3) is 4.19. The number of ether oxygens (including phenoxy) is 2. The molecule has 0 aliphatic carbocycles. The van der Waals surface area contributed by atoms with E-state index >= 15 is 0 Å². The van der Waals surface area contributed by atoms with Crippen LogP contribution in [0.15, 0.2) is 30.5 Å². The lowest BCUT2D eigenvalue weighted by molar-refractivity contribution is -0.139. The molecule has 2 aromatic rings. The predicted octanol–water partition coefficient (Wildman–Crippen LogP) is 2.65. The summed E-state index contributed by atoms with van der Waals surface area (Å²) < 4.78 is 11.4. The molecule has 1 aromatic carbocycles. The molecule has 7 nitrogen and oxygen atoms in total. The van der Waals surface area contributed by atoms with Crippen LogP contribution in [0.5, 0.6) is 11.5 Å². The molecule has 3 heterocycles. The molecule has 1 N–H and O–H groups in total. The number of fused-ring (bicyclic) bond motifs is 1. The zero-order valence-corrected chi connectivity index (χ0v) is 17.1. The molecule has 1 aromatic heterocycles. The van der Waals surface area contributed by atoms with Gasteiger partial charge in [-0.2, -0.15) is 0 Å². The Bertz CT molecular complexity index is 867. The summed E-state index contributed by atoms with van der Waals surface area (Å²) in [5.74, 6) is 2.09. The minimum atomic E-state index is -0.546. The number of aromatic nitrogens is 2. The Kier molecular flexibility index (Phi) is 5.94. The van der Waals surface area contributed by atoms with Gasteiger partial charge in [0, 0.05) is 31.3 Å². The van der Waals surface area contributed by atoms with Crippen molar-refractivity contribution < 1.29 is 14.3 Å². The Hall–Kier alpha value is -2.67. The van der Waals surface area contributed by atoms with E-state index < -0.39 is 6.10 Å². The largest absolute Gasteiger partial charge is 0.493 e. The summed E-state index contributed by atoms with van der Waals surface area (Å²) in [6, 6.07) is 7.68. The lowest BCUT2D eigenvalue weighted by atomic mass is 10.1. The molecule has 4 rings (SSSR count). The van der Waals surface area contributed by atoms with Crippen LogP contribution in [0.4, 0.5) is 0 Å². The number of hydrogen-bond acceptors (Lipinski definition) is 6. The molecule has 2 aliphatic rings. The van der Waals surface area contributed by atoms with E-state index in [1.807, 2.05) is 42.3 Å². The molecule has 1 saturated heterocycles. The van der Waals surface area contributed by atoms with Crippen LogP contribution in [-0.4, -0.2) is 47.1 Å². The Balaban J connectivity index is 1.45. The quantitative estimate of drug-likeness (QED) is 0.809. The first-order chi connectivity index (χ1) is 14.2. The second-order valence-corrected chi connectivity index (χ2v) is 7.52. The lowest BCUT2D eigenvalue weighted by Crippen LogP contribution is -2.44. The summed E-state index contributed by atoms with van der Waals surface area (Å²) in [4.78, 5) is 24.3. The summed E-state index contributed by atoms with van der Waals surface area (Å²) >= 11 is 0. The maximum absolute atomic E-state index is 13.1. The van der Waals surface area contributed by atoms with Crippen LogP contribution in [0.2, 0.25) is 0 Å². The monoisotopic (exact) mass is 396 g/mol. The van der Waals surface area contributed by atoms with Crippen LogP contribution >= 0.6 is 0 Å². The molecule has 0 radical (unpaired) electrons. The first-order valence-corrected chi connectivity index (χ1v) is 10.4. The molecule has 0 unspecified atom stereocenters. The first kappa shape index (κ1) is 19.6. The zero-order valence-electron chi connectivity index (χ0n) is 17.1. The van der Waals surface area contributed by atoms with Crippen molar-refractivity contribution in [2.45, 2.75) is 51.3 Å². The smallest absolute Gasteiger partial charge is 0.263 e. The predicted molar refractivity (Wildman–Crippen MR) is 109 cm³/mol. The molecule has 7 heteroatoms. The fraction of sp³-hybridized carbons (Fsp3) is 0.500. The van der Waals surface area contributed by atoms with Crippen molar-refractivity contribution in [2.75, 3.05) is 20.2 Å². The Morgan fingerprint density at radius 3 is 2.90 bits per heavy atom. The van der Waals surface area contributed by atoms with Crippen molar-refractivity contribution in [3.63, 3.8) is 0 Å². The van der Waals surface area contributed by atoms with Gasteiger partial charge in [-0.1, -0.05) is 19.1 Å². The van der Waals surface area contributed by atoms with Crippen LogP contribution in [-0.2, 0) is 17.8 Å². The number of carbonyl (C=O) groups excluding carboxylic acids is 1. The average Bonchev–Trinajstić information content (AvgIpc) is 3.31. The number of para-hydroxylation sites is 2. The average molecular weight is 396 g/mol. The van der Waals surface area contributed by atoms with Gasteiger partial charge in [-0.3, -0.25) is 4.79 Å². The van der Waals surface area contributed by atoms with Gasteiger partial charge in [0.05, 0.1) is 18.8 Å². The molecule has 0 bridgehead atoms. The number of amides is 1. The van der Waals surface area contributed by atoms with Crippen molar-refractivity contribution in [1.82, 2.24) is 20.2 Å². The summed E-state index contributed by atoms with van der Waals surface area (Å²) in [5, 5.41) is 3.45. The van der Waals surface area contributed by atoms with Crippen LogP contribution in [0.3, 0.4) is 0 Å². The number of benzene rings is 1. The maximum atomic E-state index is 13.1. The number of nitrogens with zero attached hydrogens (tertiary/aromatic N) is 3. The highest BCUT2D eigenvalue weighted by Crippen LogP contribution is 2.28. The molecule has 1 fully saturated rings. The second kappa shape index (κ2) is 8.78. The van der Waals surface area contributed by atoms with E-state index in [9.17, 15) is 4.79 Å². The highest BCUT2D eigenvalue weighted by molar-refractivity contribution is 5.81. The van der Waals surface area contributed by atoms with Crippen molar-refractivity contribution in [1.29, 1.82) is 0 Å². The van der Waals surface area contributed by atoms with Gasteiger partial charge in [-0.05, 0) is 37.9 Å². The number of rotatable bonds is 6. The zero-order chi connectivity index (χ0) is 20.2. The minimum Gasteiger partial charge on any atom is -0.493 e. The number of hydrogen-bond donors (Lipinski definition) is 1. The van der Waals surface area contributed by atoms with Gasteiger partial charge >= 0.3 is 0 Å². The van der Waals surface area contributed by atoms with E-state index in [2.05, 4.69) is 10.3 Å². The van der Waals surface area contributed by atoms with Crippen molar-refractivity contribution in [2.24, 2.45) is 0 Å². The third-order valence-corrected chi connectivity index (χ3v) is 5.62. The summed E-state index contributed by atoms with van der Waals surface area (Å²) in [7, 11) is 1.60. The fourth-order valence-electron chi connectivity index (χ4n) is 3.97. The maximum Gasteiger partial charge on any atom is 0.263 e. The van der Waals surface area contributed by atoms with Gasteiger partial charge in [0.25, 0.3) is 5.91 Å². The molecule has 0 saturated carbocycles. The van der Waals surface area contributed by atoms with Crippen molar-refractivity contribution >= 4 is 5.91 Å². The van der Waals surface area contributed by atoms with Gasteiger partial charge in [-0.15, -0.1) is 0 Å². The molecule has 0 spiro atoms. The molecular formula is C22H28N4O3. The SMILES string of the molecule is CC[C@@H](Oc1ccccc1OC)C(=O)N1CCc2nc([C@H]3CCCN3)ncc2C1. The molecule has 1 amide bonds. The number of carbonyl (C=O) groups is 1. The Morgan fingerprint density at radius 1 is 1.34 bits per heavy atom. The van der Waals surface area contributed by atoms with Crippen molar-refractivity contribution in [3.05, 3.63) is 47.5 Å². The van der Waals surface area contributed by atoms with Crippen LogP contribution in [0, 0.1) is 0 Å². The van der Waals surface area contributed by atoms with Gasteiger partial charge in [-0.25, -0.2) is 9.97 Å². The van der Waals surface area contributed by atoms with E-state index in [-0.39, 0.29) is 11.9 Å². The Morgan fingerprint density at radius 2 is 2.17 bits per heavy atom. The standard InChI is InChI=1S/C22H28N4O3/c1-3-18(29-20-9-5-4-8-19(20)28-2)22(27)26-12-10-16-15(14-26)13-24-21(25-16)17-7-6-11-23-17/h4-5,8-9,13,17-18,23H,3,6-7,10-12,14H2,1-2H3/t17-,18-/m1/s1.